The summed E-state index contributed by atoms with van der Waals surface area (Å²) < 4.78 is 6.26. The van der Waals surface area contributed by atoms with Crippen molar-refractivity contribution in [2.45, 2.75) is 105 Å². The van der Waals surface area contributed by atoms with Crippen molar-refractivity contribution in [2.24, 2.45) is 45.3 Å². The molecule has 0 aromatic carbocycles. The Kier molecular flexibility index (Phi) is 5.45. The molecule has 4 fully saturated rings. The summed E-state index contributed by atoms with van der Waals surface area (Å²) >= 11 is 0. The van der Waals surface area contributed by atoms with E-state index in [0.29, 0.717) is 52.8 Å². The minimum absolute atomic E-state index is 0.152. The number of carbonyl (C=O) groups is 1. The number of ether oxygens (including phenoxy) is 1. The van der Waals surface area contributed by atoms with E-state index in [2.05, 4.69) is 40.7 Å². The second kappa shape index (κ2) is 7.33. The van der Waals surface area contributed by atoms with Crippen molar-refractivity contribution in [3.8, 4) is 6.07 Å². The molecule has 8 atom stereocenters. The van der Waals surface area contributed by atoms with Crippen LogP contribution in [-0.4, -0.2) is 18.5 Å². The highest BCUT2D eigenvalue weighted by molar-refractivity contribution is 5.79. The maximum absolute atomic E-state index is 12.4. The number of nitrogens with zero attached hydrogens (tertiary/aromatic N) is 1. The molecule has 4 aliphatic rings. The lowest BCUT2D eigenvalue weighted by atomic mass is 9.35. The first-order valence-electron chi connectivity index (χ1n) is 12.5. The van der Waals surface area contributed by atoms with Crippen LogP contribution < -0.4 is 0 Å². The van der Waals surface area contributed by atoms with Crippen molar-refractivity contribution in [1.82, 2.24) is 0 Å². The molecule has 0 bridgehead atoms. The topological polar surface area (TPSA) is 50.1 Å². The zero-order chi connectivity index (χ0) is 21.9. The lowest BCUT2D eigenvalue weighted by Gasteiger charge is -2.70. The first kappa shape index (κ1) is 22.3. The average molecular weight is 414 g/mol. The Hall–Kier alpha value is -0.880. The Labute approximate surface area is 184 Å². The van der Waals surface area contributed by atoms with Gasteiger partial charge in [0.25, 0.3) is 0 Å². The van der Waals surface area contributed by atoms with Gasteiger partial charge in [-0.1, -0.05) is 34.6 Å². The number of fused-ring (bicyclic) bond motifs is 5. The quantitative estimate of drug-likeness (QED) is 0.490. The minimum atomic E-state index is 0.152. The van der Waals surface area contributed by atoms with Crippen LogP contribution in [0.25, 0.3) is 0 Å². The van der Waals surface area contributed by atoms with Crippen LogP contribution in [0.5, 0.6) is 0 Å². The van der Waals surface area contributed by atoms with Gasteiger partial charge in [0.05, 0.1) is 25.2 Å². The monoisotopic (exact) mass is 413 g/mol. The van der Waals surface area contributed by atoms with E-state index < -0.39 is 0 Å². The molecule has 30 heavy (non-hydrogen) atoms. The van der Waals surface area contributed by atoms with Crippen molar-refractivity contribution in [3.05, 3.63) is 0 Å². The van der Waals surface area contributed by atoms with Crippen molar-refractivity contribution in [3.63, 3.8) is 0 Å². The molecule has 3 heteroatoms. The highest BCUT2D eigenvalue weighted by Gasteiger charge is 2.68. The second-order valence-electron chi connectivity index (χ2n) is 12.6. The second-order valence-corrected chi connectivity index (χ2v) is 12.6. The van der Waals surface area contributed by atoms with Crippen LogP contribution in [0.1, 0.15) is 99.3 Å². The zero-order valence-electron chi connectivity index (χ0n) is 20.2. The number of carbonyl (C=O) groups excluding carboxylic acids is 1. The molecule has 4 saturated carbocycles. The molecule has 0 unspecified atom stereocenters. The summed E-state index contributed by atoms with van der Waals surface area (Å²) in [4.78, 5) is 12.4. The molecule has 0 N–H and O–H groups in total. The van der Waals surface area contributed by atoms with Crippen LogP contribution in [-0.2, 0) is 9.53 Å². The summed E-state index contributed by atoms with van der Waals surface area (Å²) in [5, 5.41) is 8.91. The van der Waals surface area contributed by atoms with Crippen molar-refractivity contribution >= 4 is 5.78 Å². The number of Topliss-reactive ketones (excluding diaryl/α,β-unsaturated/α-hetero) is 1. The normalized spacial score (nSPS) is 49.4. The smallest absolute Gasteiger partial charge is 0.133 e. The van der Waals surface area contributed by atoms with E-state index in [1.165, 1.54) is 38.5 Å². The number of nitriles is 1. The molecule has 0 aromatic heterocycles. The summed E-state index contributed by atoms with van der Waals surface area (Å²) in [5.41, 5.74) is 1.16. The fraction of sp³-hybridized carbons (Fsp3) is 0.926. The fourth-order valence-electron chi connectivity index (χ4n) is 9.75. The van der Waals surface area contributed by atoms with Crippen LogP contribution in [0.4, 0.5) is 0 Å². The first-order chi connectivity index (χ1) is 14.0. The van der Waals surface area contributed by atoms with Crippen LogP contribution in [0.3, 0.4) is 0 Å². The van der Waals surface area contributed by atoms with Gasteiger partial charge < -0.3 is 4.74 Å². The maximum Gasteiger partial charge on any atom is 0.133 e. The van der Waals surface area contributed by atoms with Crippen molar-refractivity contribution in [1.29, 1.82) is 5.26 Å². The number of hydrogen-bond donors (Lipinski definition) is 0. The van der Waals surface area contributed by atoms with E-state index in [1.54, 1.807) is 0 Å². The van der Waals surface area contributed by atoms with Gasteiger partial charge in [0.15, 0.2) is 0 Å². The van der Waals surface area contributed by atoms with Crippen LogP contribution in [0.2, 0.25) is 0 Å². The van der Waals surface area contributed by atoms with Gasteiger partial charge in [-0.15, -0.1) is 0 Å². The molecule has 0 radical (unpaired) electrons. The standard InChI is InChI=1S/C27H43NO2/c1-18(29)19-10-14-26(5)20(19)8-9-22-25(4)13-12-23(30-17-7-16-28)24(2,3)21(25)11-15-27(22,26)6/h19-23H,7-15,17H2,1-6H3/t19-,20-,21+,22-,23+,25+,26-,27-/m1/s1. The zero-order valence-corrected chi connectivity index (χ0v) is 20.2. The summed E-state index contributed by atoms with van der Waals surface area (Å²) in [5.74, 6) is 2.75. The van der Waals surface area contributed by atoms with E-state index in [9.17, 15) is 4.79 Å². The number of ketones is 1. The molecule has 0 saturated heterocycles. The van der Waals surface area contributed by atoms with Gasteiger partial charge in [0.2, 0.25) is 0 Å². The predicted octanol–water partition coefficient (Wildman–Crippen LogP) is 6.56. The average Bonchev–Trinajstić information content (AvgIpc) is 3.02. The highest BCUT2D eigenvalue weighted by Crippen LogP contribution is 2.75. The van der Waals surface area contributed by atoms with Gasteiger partial charge in [-0.3, -0.25) is 4.79 Å². The molecule has 0 amide bonds. The molecule has 0 aliphatic heterocycles. The molecule has 3 nitrogen and oxygen atoms in total. The Morgan fingerprint density at radius 1 is 0.933 bits per heavy atom. The van der Waals surface area contributed by atoms with Gasteiger partial charge in [0.1, 0.15) is 5.78 Å². The van der Waals surface area contributed by atoms with E-state index in [4.69, 9.17) is 10.00 Å². The van der Waals surface area contributed by atoms with Gasteiger partial charge in [-0.05, 0) is 97.7 Å². The lowest BCUT2D eigenvalue weighted by molar-refractivity contribution is -0.227. The third kappa shape index (κ3) is 2.88. The molecule has 0 spiro atoms. The fourth-order valence-corrected chi connectivity index (χ4v) is 9.75. The summed E-state index contributed by atoms with van der Waals surface area (Å²) in [6.07, 6.45) is 10.6. The van der Waals surface area contributed by atoms with Gasteiger partial charge in [-0.2, -0.15) is 5.26 Å². The van der Waals surface area contributed by atoms with Gasteiger partial charge in [-0.25, -0.2) is 0 Å². The molecular weight excluding hydrogens is 370 g/mol. The molecular formula is C27H43NO2. The van der Waals surface area contributed by atoms with E-state index in [-0.39, 0.29) is 11.5 Å². The number of hydrogen-bond acceptors (Lipinski definition) is 3. The van der Waals surface area contributed by atoms with Crippen molar-refractivity contribution in [2.75, 3.05) is 6.61 Å². The third-order valence-electron chi connectivity index (χ3n) is 11.4. The largest absolute Gasteiger partial charge is 0.377 e. The summed E-state index contributed by atoms with van der Waals surface area (Å²) in [6.45, 7) is 15.0. The predicted molar refractivity (Wildman–Crippen MR) is 120 cm³/mol. The number of rotatable bonds is 4. The molecule has 0 heterocycles. The van der Waals surface area contributed by atoms with Gasteiger partial charge in [0, 0.05) is 5.92 Å². The van der Waals surface area contributed by atoms with E-state index in [0.717, 1.165) is 18.8 Å². The third-order valence-corrected chi connectivity index (χ3v) is 11.4. The van der Waals surface area contributed by atoms with Crippen LogP contribution >= 0.6 is 0 Å². The Bertz CT molecular complexity index is 738. The molecule has 168 valence electrons. The summed E-state index contributed by atoms with van der Waals surface area (Å²) in [6, 6.07) is 2.23. The Balaban J connectivity index is 1.62. The Morgan fingerprint density at radius 3 is 2.30 bits per heavy atom. The molecule has 0 aromatic rings. The first-order valence-corrected chi connectivity index (χ1v) is 12.5. The van der Waals surface area contributed by atoms with Crippen LogP contribution in [0.15, 0.2) is 0 Å². The highest BCUT2D eigenvalue weighted by atomic mass is 16.5. The van der Waals surface area contributed by atoms with E-state index >= 15 is 0 Å². The van der Waals surface area contributed by atoms with Gasteiger partial charge >= 0.3 is 0 Å². The maximum atomic E-state index is 12.4. The molecule has 4 rings (SSSR count). The van der Waals surface area contributed by atoms with Crippen LogP contribution in [0, 0.1) is 56.7 Å². The minimum Gasteiger partial charge on any atom is -0.377 e. The lowest BCUT2D eigenvalue weighted by Crippen LogP contribution is -2.64. The van der Waals surface area contributed by atoms with E-state index in [1.807, 2.05) is 6.92 Å². The summed E-state index contributed by atoms with van der Waals surface area (Å²) in [7, 11) is 0. The molecule has 4 aliphatic carbocycles. The SMILES string of the molecule is CC(=O)[C@H]1CC[C@]2(C)[C@@H]1CC[C@@H]1[C@@]3(C)CC[C@H](OCCC#N)C(C)(C)[C@@H]3CC[C@]12C. The van der Waals surface area contributed by atoms with Crippen molar-refractivity contribution < 1.29 is 9.53 Å². The Morgan fingerprint density at radius 2 is 1.63 bits per heavy atom.